The van der Waals surface area contributed by atoms with Gasteiger partial charge in [-0.2, -0.15) is 10.4 Å². The van der Waals surface area contributed by atoms with Crippen LogP contribution in [0.5, 0.6) is 11.5 Å². The minimum absolute atomic E-state index is 0.293. The van der Waals surface area contributed by atoms with Crippen LogP contribution in [-0.4, -0.2) is 12.6 Å². The molecule has 0 aliphatic carbocycles. The highest BCUT2D eigenvalue weighted by atomic mass is 16.5. The summed E-state index contributed by atoms with van der Waals surface area (Å²) in [6.45, 7) is 3.98. The summed E-state index contributed by atoms with van der Waals surface area (Å²) in [7, 11) is 0. The lowest BCUT2D eigenvalue weighted by Gasteiger charge is -2.07. The molecule has 0 amide bonds. The molecule has 0 spiro atoms. The number of azo groups is 1. The number of ether oxygens (including phenoxy) is 2. The molecule has 0 bridgehead atoms. The molecule has 0 radical (unpaired) electrons. The molecule has 3 rings (SSSR count). The molecular weight excluding hydrogens is 366 g/mol. The van der Waals surface area contributed by atoms with Crippen LogP contribution in [-0.2, 0) is 0 Å². The lowest BCUT2D eigenvalue weighted by molar-refractivity contribution is 0.0735. The van der Waals surface area contributed by atoms with Gasteiger partial charge in [0.2, 0.25) is 0 Å². The van der Waals surface area contributed by atoms with Crippen LogP contribution in [0.15, 0.2) is 95.7 Å². The Hall–Kier alpha value is -4.24. The molecule has 0 aliphatic heterocycles. The van der Waals surface area contributed by atoms with E-state index in [0.29, 0.717) is 40.6 Å². The van der Waals surface area contributed by atoms with E-state index in [4.69, 9.17) is 14.7 Å². The van der Waals surface area contributed by atoms with Crippen LogP contribution in [0, 0.1) is 11.3 Å². The highest BCUT2D eigenvalue weighted by Gasteiger charge is 2.11. The van der Waals surface area contributed by atoms with Crippen molar-refractivity contribution in [1.29, 1.82) is 5.26 Å². The summed E-state index contributed by atoms with van der Waals surface area (Å²) in [6, 6.07) is 22.2. The molecule has 0 heterocycles. The maximum atomic E-state index is 12.5. The first kappa shape index (κ1) is 19.5. The number of carbonyl (C=O) groups is 1. The summed E-state index contributed by atoms with van der Waals surface area (Å²) < 4.78 is 10.9. The molecule has 0 unspecified atom stereocenters. The van der Waals surface area contributed by atoms with E-state index in [2.05, 4.69) is 16.8 Å². The van der Waals surface area contributed by atoms with Crippen molar-refractivity contribution in [2.24, 2.45) is 10.2 Å². The zero-order chi connectivity index (χ0) is 20.5. The third-order valence-corrected chi connectivity index (χ3v) is 3.80. The second-order valence-corrected chi connectivity index (χ2v) is 5.84. The summed E-state index contributed by atoms with van der Waals surface area (Å²) in [6.07, 6.45) is 1.64. The second kappa shape index (κ2) is 9.62. The van der Waals surface area contributed by atoms with E-state index in [1.54, 1.807) is 78.9 Å². The number of nitriles is 1. The van der Waals surface area contributed by atoms with Crippen molar-refractivity contribution in [3.8, 4) is 17.6 Å². The van der Waals surface area contributed by atoms with Crippen LogP contribution in [0.3, 0.4) is 0 Å². The summed E-state index contributed by atoms with van der Waals surface area (Å²) in [5.41, 5.74) is 1.92. The Bertz CT molecular complexity index is 1070. The number of benzene rings is 3. The third-order valence-electron chi connectivity index (χ3n) is 3.80. The fraction of sp³-hybridized carbons (Fsp3) is 0.0435. The maximum absolute atomic E-state index is 12.5. The number of para-hydroxylation sites is 1. The van der Waals surface area contributed by atoms with Gasteiger partial charge in [-0.3, -0.25) is 0 Å². The number of hydrogen-bond donors (Lipinski definition) is 0. The fourth-order valence-electron chi connectivity index (χ4n) is 2.34. The zero-order valence-electron chi connectivity index (χ0n) is 15.5. The molecule has 3 aromatic carbocycles. The van der Waals surface area contributed by atoms with Gasteiger partial charge >= 0.3 is 5.97 Å². The average molecular weight is 383 g/mol. The highest BCUT2D eigenvalue weighted by Crippen LogP contribution is 2.29. The summed E-state index contributed by atoms with van der Waals surface area (Å²) in [5, 5.41) is 17.1. The van der Waals surface area contributed by atoms with E-state index >= 15 is 0 Å². The van der Waals surface area contributed by atoms with Gasteiger partial charge in [-0.15, -0.1) is 5.11 Å². The quantitative estimate of drug-likeness (QED) is 0.225. The average Bonchev–Trinajstić information content (AvgIpc) is 2.77. The molecule has 6 nitrogen and oxygen atoms in total. The second-order valence-electron chi connectivity index (χ2n) is 5.84. The predicted molar refractivity (Wildman–Crippen MR) is 109 cm³/mol. The molecule has 0 saturated heterocycles. The van der Waals surface area contributed by atoms with E-state index in [9.17, 15) is 4.79 Å². The monoisotopic (exact) mass is 383 g/mol. The molecule has 3 aromatic rings. The minimum atomic E-state index is -0.513. The van der Waals surface area contributed by atoms with Crippen LogP contribution in [0.2, 0.25) is 0 Å². The predicted octanol–water partition coefficient (Wildman–Crippen LogP) is 5.76. The van der Waals surface area contributed by atoms with Gasteiger partial charge in [0.25, 0.3) is 0 Å². The number of esters is 1. The standard InChI is InChI=1S/C23H17N3O3/c1-2-15-28-20-13-9-18(10-14-20)23(27)29-22-6-4-3-5-21(22)26-25-19-11-7-17(16-24)8-12-19/h2-14H,1,15H2. The first-order chi connectivity index (χ1) is 14.2. The van der Waals surface area contributed by atoms with Crippen molar-refractivity contribution < 1.29 is 14.3 Å². The van der Waals surface area contributed by atoms with Gasteiger partial charge < -0.3 is 9.47 Å². The third kappa shape index (κ3) is 5.37. The van der Waals surface area contributed by atoms with Gasteiger partial charge in [-0.1, -0.05) is 24.8 Å². The van der Waals surface area contributed by atoms with Gasteiger partial charge in [0, 0.05) is 0 Å². The summed E-state index contributed by atoms with van der Waals surface area (Å²) in [4.78, 5) is 12.5. The number of hydrogen-bond acceptors (Lipinski definition) is 6. The molecule has 142 valence electrons. The summed E-state index contributed by atoms with van der Waals surface area (Å²) in [5.74, 6) is 0.418. The molecule has 6 heteroatoms. The molecule has 0 atom stereocenters. The Morgan fingerprint density at radius 1 is 1.00 bits per heavy atom. The number of nitrogens with zero attached hydrogens (tertiary/aromatic N) is 3. The maximum Gasteiger partial charge on any atom is 0.343 e. The van der Waals surface area contributed by atoms with Crippen LogP contribution in [0.4, 0.5) is 11.4 Å². The molecule has 0 N–H and O–H groups in total. The smallest absolute Gasteiger partial charge is 0.343 e. The van der Waals surface area contributed by atoms with Crippen molar-refractivity contribution in [3.05, 3.63) is 96.6 Å². The van der Waals surface area contributed by atoms with E-state index in [1.807, 2.05) is 6.07 Å². The van der Waals surface area contributed by atoms with Crippen LogP contribution >= 0.6 is 0 Å². The largest absolute Gasteiger partial charge is 0.490 e. The Morgan fingerprint density at radius 3 is 2.41 bits per heavy atom. The van der Waals surface area contributed by atoms with Crippen LogP contribution < -0.4 is 9.47 Å². The van der Waals surface area contributed by atoms with Gasteiger partial charge in [0.1, 0.15) is 18.0 Å². The Balaban J connectivity index is 1.72. The van der Waals surface area contributed by atoms with Crippen molar-refractivity contribution in [2.45, 2.75) is 0 Å². The highest BCUT2D eigenvalue weighted by molar-refractivity contribution is 5.91. The van der Waals surface area contributed by atoms with E-state index in [-0.39, 0.29) is 0 Å². The lowest BCUT2D eigenvalue weighted by atomic mass is 10.2. The molecular formula is C23H17N3O3. The first-order valence-electron chi connectivity index (χ1n) is 8.76. The Labute approximate surface area is 168 Å². The molecule has 0 aliphatic rings. The topological polar surface area (TPSA) is 84.0 Å². The van der Waals surface area contributed by atoms with Crippen molar-refractivity contribution in [2.75, 3.05) is 6.61 Å². The SMILES string of the molecule is C=CCOc1ccc(C(=O)Oc2ccccc2N=Nc2ccc(C#N)cc2)cc1. The van der Waals surface area contributed by atoms with Crippen molar-refractivity contribution >= 4 is 17.3 Å². The normalized spacial score (nSPS) is 10.3. The van der Waals surface area contributed by atoms with Gasteiger partial charge in [0.15, 0.2) is 5.75 Å². The lowest BCUT2D eigenvalue weighted by Crippen LogP contribution is -2.08. The van der Waals surface area contributed by atoms with Crippen molar-refractivity contribution in [3.63, 3.8) is 0 Å². The van der Waals surface area contributed by atoms with E-state index < -0.39 is 5.97 Å². The molecule has 0 saturated carbocycles. The number of rotatable bonds is 7. The summed E-state index contributed by atoms with van der Waals surface area (Å²) >= 11 is 0. The molecule has 0 fully saturated rings. The van der Waals surface area contributed by atoms with Crippen molar-refractivity contribution in [1.82, 2.24) is 0 Å². The molecule has 29 heavy (non-hydrogen) atoms. The van der Waals surface area contributed by atoms with E-state index in [0.717, 1.165) is 0 Å². The Kier molecular flexibility index (Phi) is 6.48. The zero-order valence-corrected chi connectivity index (χ0v) is 15.5. The van der Waals surface area contributed by atoms with Gasteiger partial charge in [-0.05, 0) is 60.7 Å². The number of carbonyl (C=O) groups excluding carboxylic acids is 1. The molecule has 0 aromatic heterocycles. The first-order valence-corrected chi connectivity index (χ1v) is 8.76. The van der Waals surface area contributed by atoms with Gasteiger partial charge in [0.05, 0.1) is 22.9 Å². The van der Waals surface area contributed by atoms with Crippen LogP contribution in [0.25, 0.3) is 0 Å². The Morgan fingerprint density at radius 2 is 1.72 bits per heavy atom. The van der Waals surface area contributed by atoms with Gasteiger partial charge in [-0.25, -0.2) is 4.79 Å². The minimum Gasteiger partial charge on any atom is -0.490 e. The van der Waals surface area contributed by atoms with E-state index in [1.165, 1.54) is 0 Å². The van der Waals surface area contributed by atoms with Crippen LogP contribution in [0.1, 0.15) is 15.9 Å². The fourth-order valence-corrected chi connectivity index (χ4v) is 2.34.